The third-order valence-electron chi connectivity index (χ3n) is 8.41. The second kappa shape index (κ2) is 11.0. The number of pyridine rings is 1. The molecule has 1 saturated heterocycles. The van der Waals surface area contributed by atoms with Gasteiger partial charge in [0.1, 0.15) is 16.7 Å². The summed E-state index contributed by atoms with van der Waals surface area (Å²) in [4.78, 5) is 29.4. The van der Waals surface area contributed by atoms with Crippen LogP contribution in [0.2, 0.25) is 0 Å². The molecular weight excluding hydrogens is 567 g/mol. The van der Waals surface area contributed by atoms with Crippen LogP contribution in [0.3, 0.4) is 0 Å². The molecule has 1 fully saturated rings. The fraction of sp³-hybridized carbons (Fsp3) is 0.469. The first kappa shape index (κ1) is 29.2. The van der Waals surface area contributed by atoms with Crippen LogP contribution in [0.25, 0.3) is 32.2 Å². The van der Waals surface area contributed by atoms with Gasteiger partial charge in [-0.15, -0.1) is 11.3 Å². The number of halogens is 1. The molecule has 4 aromatic rings. The van der Waals surface area contributed by atoms with Crippen molar-refractivity contribution in [3.05, 3.63) is 40.5 Å². The fourth-order valence-electron chi connectivity index (χ4n) is 6.38. The van der Waals surface area contributed by atoms with Crippen molar-refractivity contribution in [3.8, 4) is 17.3 Å². The SMILES string of the molecule is CCc1c(-c2ncc(F)c3sc(NC(=O)OC(C)(C)C)c(C#N)c23)c2c(c3cnc(N4CC(C)C(CC)C4)nc13)COC2. The van der Waals surface area contributed by atoms with E-state index < -0.39 is 17.5 Å². The quantitative estimate of drug-likeness (QED) is 0.252. The number of aryl methyl sites for hydroxylation is 1. The Balaban J connectivity index is 1.57. The molecule has 9 nitrogen and oxygen atoms in total. The largest absolute Gasteiger partial charge is 0.444 e. The molecule has 6 rings (SSSR count). The van der Waals surface area contributed by atoms with Crippen LogP contribution in [0.15, 0.2) is 12.4 Å². The van der Waals surface area contributed by atoms with E-state index in [1.165, 1.54) is 6.20 Å². The van der Waals surface area contributed by atoms with E-state index in [4.69, 9.17) is 19.4 Å². The number of benzene rings is 1. The van der Waals surface area contributed by atoms with Gasteiger partial charge in [0.25, 0.3) is 0 Å². The monoisotopic (exact) mass is 602 g/mol. The van der Waals surface area contributed by atoms with Crippen LogP contribution < -0.4 is 10.2 Å². The summed E-state index contributed by atoms with van der Waals surface area (Å²) < 4.78 is 26.9. The number of carbonyl (C=O) groups is 1. The molecule has 5 heterocycles. The Kier molecular flexibility index (Phi) is 7.47. The van der Waals surface area contributed by atoms with Crippen LogP contribution in [-0.4, -0.2) is 39.7 Å². The van der Waals surface area contributed by atoms with Crippen molar-refractivity contribution in [2.75, 3.05) is 23.3 Å². The average Bonchev–Trinajstić information content (AvgIpc) is 3.68. The van der Waals surface area contributed by atoms with Gasteiger partial charge in [-0.3, -0.25) is 10.3 Å². The van der Waals surface area contributed by atoms with Crippen LogP contribution in [0, 0.1) is 29.0 Å². The maximum absolute atomic E-state index is 15.3. The zero-order valence-electron chi connectivity index (χ0n) is 25.3. The Hall–Kier alpha value is -3.88. The van der Waals surface area contributed by atoms with E-state index in [1.807, 2.05) is 6.20 Å². The summed E-state index contributed by atoms with van der Waals surface area (Å²) >= 11 is 0.997. The van der Waals surface area contributed by atoms with Crippen molar-refractivity contribution in [2.45, 2.75) is 73.2 Å². The number of aromatic nitrogens is 3. The summed E-state index contributed by atoms with van der Waals surface area (Å²) in [5.41, 5.74) is 4.37. The van der Waals surface area contributed by atoms with E-state index in [9.17, 15) is 10.1 Å². The topological polar surface area (TPSA) is 113 Å². The van der Waals surface area contributed by atoms with Crippen molar-refractivity contribution < 1.29 is 18.7 Å². The number of fused-ring (bicyclic) bond motifs is 4. The van der Waals surface area contributed by atoms with Gasteiger partial charge in [-0.2, -0.15) is 5.26 Å². The predicted octanol–water partition coefficient (Wildman–Crippen LogP) is 7.34. The normalized spacial score (nSPS) is 18.3. The van der Waals surface area contributed by atoms with Crippen molar-refractivity contribution in [1.82, 2.24) is 15.0 Å². The maximum atomic E-state index is 15.3. The number of anilines is 2. The standard InChI is InChI=1S/C32H35FN6O3S/c1-7-17-13-39(12-16(17)3)30-36-10-20-21-14-41-15-22(21)24(18(8-2)26(20)37-30)27-25-19(9-34)29(38-31(40)42-32(4,5)6)43-28(25)23(33)11-35-27/h10-11,16-17H,7-8,12-15H2,1-6H3,(H,38,40). The number of nitriles is 1. The van der Waals surface area contributed by atoms with Gasteiger partial charge < -0.3 is 14.4 Å². The molecule has 1 N–H and O–H groups in total. The summed E-state index contributed by atoms with van der Waals surface area (Å²) in [6.45, 7) is 14.4. The number of thiophene rings is 1. The summed E-state index contributed by atoms with van der Waals surface area (Å²) in [6, 6.07) is 2.20. The second-order valence-corrected chi connectivity index (χ2v) is 13.4. The number of hydrogen-bond acceptors (Lipinski definition) is 9. The molecule has 0 bridgehead atoms. The molecule has 1 amide bonds. The molecule has 2 atom stereocenters. The highest BCUT2D eigenvalue weighted by Crippen LogP contribution is 2.46. The lowest BCUT2D eigenvalue weighted by atomic mass is 9.88. The number of amides is 1. The molecule has 0 aliphatic carbocycles. The van der Waals surface area contributed by atoms with Crippen LogP contribution in [0.1, 0.15) is 70.2 Å². The van der Waals surface area contributed by atoms with E-state index in [0.717, 1.165) is 64.0 Å². The Labute approximate surface area is 254 Å². The highest BCUT2D eigenvalue weighted by atomic mass is 32.1. The molecular formula is C32H35FN6O3S. The average molecular weight is 603 g/mol. The molecule has 1 aromatic carbocycles. The van der Waals surface area contributed by atoms with E-state index in [2.05, 4.69) is 42.0 Å². The molecule has 0 saturated carbocycles. The molecule has 224 valence electrons. The Morgan fingerprint density at radius 2 is 2.00 bits per heavy atom. The Morgan fingerprint density at radius 1 is 1.23 bits per heavy atom. The minimum atomic E-state index is -0.738. The van der Waals surface area contributed by atoms with Crippen LogP contribution in [-0.2, 0) is 29.1 Å². The predicted molar refractivity (Wildman–Crippen MR) is 166 cm³/mol. The van der Waals surface area contributed by atoms with E-state index in [1.54, 1.807) is 20.8 Å². The zero-order chi connectivity index (χ0) is 30.6. The molecule has 2 aliphatic heterocycles. The third-order valence-corrected chi connectivity index (χ3v) is 9.52. The van der Waals surface area contributed by atoms with Gasteiger partial charge in [0, 0.05) is 35.6 Å². The van der Waals surface area contributed by atoms with Gasteiger partial charge in [-0.25, -0.2) is 19.2 Å². The first-order valence-electron chi connectivity index (χ1n) is 14.7. The number of rotatable bonds is 5. The molecule has 43 heavy (non-hydrogen) atoms. The Bertz CT molecular complexity index is 1810. The van der Waals surface area contributed by atoms with Gasteiger partial charge in [0.2, 0.25) is 5.95 Å². The fourth-order valence-corrected chi connectivity index (χ4v) is 7.42. The third kappa shape index (κ3) is 5.06. The molecule has 0 spiro atoms. The minimum absolute atomic E-state index is 0.141. The first-order valence-corrected chi connectivity index (χ1v) is 15.5. The van der Waals surface area contributed by atoms with Crippen molar-refractivity contribution in [2.24, 2.45) is 11.8 Å². The number of carbonyl (C=O) groups excluding carboxylic acids is 1. The van der Waals surface area contributed by atoms with E-state index >= 15 is 4.39 Å². The summed E-state index contributed by atoms with van der Waals surface area (Å²) in [7, 11) is 0. The number of nitrogens with one attached hydrogen (secondary N) is 1. The lowest BCUT2D eigenvalue weighted by Gasteiger charge is -2.20. The summed E-state index contributed by atoms with van der Waals surface area (Å²) in [5.74, 6) is 1.28. The van der Waals surface area contributed by atoms with Gasteiger partial charge in [-0.1, -0.05) is 27.2 Å². The maximum Gasteiger partial charge on any atom is 0.412 e. The second-order valence-electron chi connectivity index (χ2n) is 12.3. The molecule has 0 radical (unpaired) electrons. The smallest absolute Gasteiger partial charge is 0.412 e. The molecule has 2 unspecified atom stereocenters. The highest BCUT2D eigenvalue weighted by molar-refractivity contribution is 7.23. The van der Waals surface area contributed by atoms with Gasteiger partial charge in [0.15, 0.2) is 5.82 Å². The number of nitrogens with zero attached hydrogens (tertiary/aromatic N) is 5. The lowest BCUT2D eigenvalue weighted by molar-refractivity contribution is 0.0636. The van der Waals surface area contributed by atoms with Crippen molar-refractivity contribution in [1.29, 1.82) is 5.26 Å². The van der Waals surface area contributed by atoms with Crippen molar-refractivity contribution in [3.63, 3.8) is 0 Å². The van der Waals surface area contributed by atoms with Crippen LogP contribution >= 0.6 is 11.3 Å². The molecule has 3 aromatic heterocycles. The van der Waals surface area contributed by atoms with Gasteiger partial charge >= 0.3 is 6.09 Å². The summed E-state index contributed by atoms with van der Waals surface area (Å²) in [5, 5.41) is 14.5. The summed E-state index contributed by atoms with van der Waals surface area (Å²) in [6.07, 6.45) is 4.10. The lowest BCUT2D eigenvalue weighted by Crippen LogP contribution is -2.27. The van der Waals surface area contributed by atoms with Crippen molar-refractivity contribution >= 4 is 49.4 Å². The Morgan fingerprint density at radius 3 is 2.67 bits per heavy atom. The van der Waals surface area contributed by atoms with Crippen LogP contribution in [0.4, 0.5) is 20.1 Å². The first-order chi connectivity index (χ1) is 20.5. The van der Waals surface area contributed by atoms with E-state index in [0.29, 0.717) is 48.5 Å². The number of ether oxygens (including phenoxy) is 2. The molecule has 2 aliphatic rings. The van der Waals surface area contributed by atoms with E-state index in [-0.39, 0.29) is 15.3 Å². The zero-order valence-corrected chi connectivity index (χ0v) is 26.1. The van der Waals surface area contributed by atoms with Gasteiger partial charge in [0.05, 0.1) is 40.9 Å². The minimum Gasteiger partial charge on any atom is -0.444 e. The van der Waals surface area contributed by atoms with Gasteiger partial charge in [-0.05, 0) is 55.7 Å². The van der Waals surface area contributed by atoms with Crippen LogP contribution in [0.5, 0.6) is 0 Å². The highest BCUT2D eigenvalue weighted by Gasteiger charge is 2.32. The number of hydrogen-bond donors (Lipinski definition) is 1. The molecule has 11 heteroatoms.